The zero-order valence-corrected chi connectivity index (χ0v) is 20.7. The highest BCUT2D eigenvalue weighted by atomic mass is 32.1. The molecule has 2 aromatic heterocycles. The third kappa shape index (κ3) is 5.07. The minimum absolute atomic E-state index is 0.00218. The van der Waals surface area contributed by atoms with Crippen molar-refractivity contribution in [3.05, 3.63) is 59.1 Å². The number of aromatic hydroxyl groups is 2. The van der Waals surface area contributed by atoms with Crippen LogP contribution in [0.3, 0.4) is 0 Å². The molecule has 1 aliphatic heterocycles. The Labute approximate surface area is 208 Å². The van der Waals surface area contributed by atoms with E-state index in [2.05, 4.69) is 14.8 Å². The molecule has 3 N–H and O–H groups in total. The summed E-state index contributed by atoms with van der Waals surface area (Å²) in [6, 6.07) is 15.1. The van der Waals surface area contributed by atoms with Crippen molar-refractivity contribution in [2.45, 2.75) is 20.0 Å². The van der Waals surface area contributed by atoms with Gasteiger partial charge in [-0.05, 0) is 38.1 Å². The van der Waals surface area contributed by atoms with Gasteiger partial charge in [0, 0.05) is 44.9 Å². The molecule has 0 bridgehead atoms. The maximum atomic E-state index is 10.8. The van der Waals surface area contributed by atoms with Crippen molar-refractivity contribution in [1.29, 1.82) is 0 Å². The van der Waals surface area contributed by atoms with Gasteiger partial charge in [0.15, 0.2) is 0 Å². The lowest BCUT2D eigenvalue weighted by atomic mass is 10.2. The number of aromatic nitrogens is 2. The van der Waals surface area contributed by atoms with Crippen molar-refractivity contribution in [3.63, 3.8) is 0 Å². The van der Waals surface area contributed by atoms with Crippen LogP contribution < -0.4 is 9.64 Å². The van der Waals surface area contributed by atoms with Crippen molar-refractivity contribution in [2.24, 2.45) is 0 Å². The molecule has 0 spiro atoms. The Bertz CT molecular complexity index is 1310. The Morgan fingerprint density at radius 3 is 2.49 bits per heavy atom. The zero-order chi connectivity index (χ0) is 24.5. The first kappa shape index (κ1) is 23.5. The average molecular weight is 495 g/mol. The van der Waals surface area contributed by atoms with Gasteiger partial charge in [-0.3, -0.25) is 4.90 Å². The largest absolute Gasteiger partial charge is 0.494 e. The van der Waals surface area contributed by atoms with E-state index in [9.17, 15) is 15.3 Å². The number of piperazine rings is 1. The lowest BCUT2D eigenvalue weighted by Crippen LogP contribution is -2.49. The predicted octanol–water partition coefficient (Wildman–Crippen LogP) is 3.68. The fraction of sp³-hybridized carbons (Fsp3) is 0.346. The monoisotopic (exact) mass is 494 g/mol. The van der Waals surface area contributed by atoms with Crippen LogP contribution in [0.4, 0.5) is 5.69 Å². The normalized spacial score (nSPS) is 15.6. The minimum Gasteiger partial charge on any atom is -0.494 e. The highest BCUT2D eigenvalue weighted by molar-refractivity contribution is 7.18. The first-order valence-electron chi connectivity index (χ1n) is 11.7. The van der Waals surface area contributed by atoms with E-state index in [0.29, 0.717) is 36.8 Å². The Morgan fingerprint density at radius 2 is 1.74 bits per heavy atom. The molecule has 35 heavy (non-hydrogen) atoms. The van der Waals surface area contributed by atoms with Gasteiger partial charge in [0.25, 0.3) is 0 Å². The number of anilines is 1. The predicted molar refractivity (Wildman–Crippen MR) is 138 cm³/mol. The number of hydrogen-bond donors (Lipinski definition) is 3. The van der Waals surface area contributed by atoms with Crippen LogP contribution in [-0.4, -0.2) is 75.2 Å². The summed E-state index contributed by atoms with van der Waals surface area (Å²) in [4.78, 5) is 8.73. The second kappa shape index (κ2) is 9.77. The fourth-order valence-electron chi connectivity index (χ4n) is 4.48. The molecule has 1 saturated heterocycles. The second-order valence-corrected chi connectivity index (χ2v) is 10.2. The third-order valence-electron chi connectivity index (χ3n) is 6.32. The number of aliphatic hydroxyl groups excluding tert-OH is 1. The summed E-state index contributed by atoms with van der Waals surface area (Å²) >= 11 is 1.65. The second-order valence-electron chi connectivity index (χ2n) is 9.00. The van der Waals surface area contributed by atoms with Crippen LogP contribution in [0.25, 0.3) is 15.9 Å². The maximum Gasteiger partial charge on any atom is 0.223 e. The molecule has 4 aromatic rings. The molecule has 2 aromatic carbocycles. The minimum atomic E-state index is -0.616. The van der Waals surface area contributed by atoms with Crippen LogP contribution in [-0.2, 0) is 0 Å². The first-order valence-corrected chi connectivity index (χ1v) is 12.5. The molecular weight excluding hydrogens is 464 g/mol. The van der Waals surface area contributed by atoms with Gasteiger partial charge in [0.05, 0.1) is 20.9 Å². The van der Waals surface area contributed by atoms with Crippen LogP contribution in [0.5, 0.6) is 17.5 Å². The van der Waals surface area contributed by atoms with E-state index >= 15 is 0 Å². The van der Waals surface area contributed by atoms with Crippen LogP contribution in [0.2, 0.25) is 0 Å². The van der Waals surface area contributed by atoms with E-state index in [0.717, 1.165) is 33.9 Å². The number of hydrogen-bond acceptors (Lipinski definition) is 8. The first-order chi connectivity index (χ1) is 16.9. The van der Waals surface area contributed by atoms with Crippen LogP contribution in [0, 0.1) is 13.8 Å². The molecule has 1 fully saturated rings. The molecule has 5 rings (SSSR count). The summed E-state index contributed by atoms with van der Waals surface area (Å²) in [5.41, 5.74) is 3.35. The standard InChI is InChI=1S/C26H30N4O4S/c1-17-3-5-19(6-4-17)30-25(32)14-23(26(30)33)29-11-9-28(10-12-29)15-20(31)16-34-21-7-8-24-22(13-21)27-18(2)35-24/h3-8,13-14,20,31-33H,9-12,15-16H2,1-2H3. The van der Waals surface area contributed by atoms with Crippen molar-refractivity contribution >= 4 is 27.2 Å². The summed E-state index contributed by atoms with van der Waals surface area (Å²) in [5.74, 6) is 0.739. The summed E-state index contributed by atoms with van der Waals surface area (Å²) in [6.45, 7) is 7.52. The number of aliphatic hydroxyl groups is 1. The van der Waals surface area contributed by atoms with Crippen molar-refractivity contribution in [2.75, 3.05) is 44.2 Å². The maximum absolute atomic E-state index is 10.8. The number of ether oxygens (including phenoxy) is 1. The number of thiazole rings is 1. The van der Waals surface area contributed by atoms with Crippen molar-refractivity contribution in [1.82, 2.24) is 14.5 Å². The topological polar surface area (TPSA) is 94.2 Å². The van der Waals surface area contributed by atoms with Gasteiger partial charge < -0.3 is 25.0 Å². The molecule has 1 aliphatic rings. The summed E-state index contributed by atoms with van der Waals surface area (Å²) in [5, 5.41) is 32.8. The van der Waals surface area contributed by atoms with E-state index in [4.69, 9.17) is 4.74 Å². The molecule has 0 amide bonds. The van der Waals surface area contributed by atoms with Crippen molar-refractivity contribution < 1.29 is 20.1 Å². The highest BCUT2D eigenvalue weighted by Gasteiger charge is 2.25. The fourth-order valence-corrected chi connectivity index (χ4v) is 5.29. The third-order valence-corrected chi connectivity index (χ3v) is 7.27. The van der Waals surface area contributed by atoms with Gasteiger partial charge in [-0.15, -0.1) is 11.3 Å². The van der Waals surface area contributed by atoms with E-state index in [1.807, 2.05) is 56.3 Å². The zero-order valence-electron chi connectivity index (χ0n) is 19.9. The molecule has 3 heterocycles. The summed E-state index contributed by atoms with van der Waals surface area (Å²) < 4.78 is 8.39. The van der Waals surface area contributed by atoms with E-state index < -0.39 is 6.10 Å². The van der Waals surface area contributed by atoms with E-state index in [-0.39, 0.29) is 18.4 Å². The number of fused-ring (bicyclic) bond motifs is 1. The molecule has 1 atom stereocenters. The number of β-amino-alcohol motifs (C(OH)–C–C–N with tert-alkyl or cyclic N) is 1. The quantitative estimate of drug-likeness (QED) is 0.361. The number of benzene rings is 2. The van der Waals surface area contributed by atoms with Gasteiger partial charge in [0.2, 0.25) is 11.8 Å². The number of aryl methyl sites for hydroxylation is 2. The molecular formula is C26H30N4O4S. The van der Waals surface area contributed by atoms with Crippen LogP contribution in [0.1, 0.15) is 10.6 Å². The van der Waals surface area contributed by atoms with Crippen molar-refractivity contribution in [3.8, 4) is 23.2 Å². The molecule has 184 valence electrons. The molecule has 0 radical (unpaired) electrons. The van der Waals surface area contributed by atoms with Gasteiger partial charge in [-0.1, -0.05) is 17.7 Å². The Morgan fingerprint density at radius 1 is 1.00 bits per heavy atom. The van der Waals surface area contributed by atoms with Gasteiger partial charge in [-0.25, -0.2) is 9.55 Å². The molecule has 0 aliphatic carbocycles. The number of rotatable bonds is 7. The van der Waals surface area contributed by atoms with Gasteiger partial charge in [-0.2, -0.15) is 0 Å². The van der Waals surface area contributed by atoms with Gasteiger partial charge >= 0.3 is 0 Å². The summed E-state index contributed by atoms with van der Waals surface area (Å²) in [6.07, 6.45) is -0.616. The average Bonchev–Trinajstić information content (AvgIpc) is 3.36. The van der Waals surface area contributed by atoms with E-state index in [1.165, 1.54) is 4.57 Å². The highest BCUT2D eigenvalue weighted by Crippen LogP contribution is 2.38. The van der Waals surface area contributed by atoms with E-state index in [1.54, 1.807) is 17.4 Å². The molecule has 8 nitrogen and oxygen atoms in total. The molecule has 0 saturated carbocycles. The van der Waals surface area contributed by atoms with Crippen LogP contribution in [0.15, 0.2) is 48.5 Å². The van der Waals surface area contributed by atoms with Gasteiger partial charge in [0.1, 0.15) is 24.1 Å². The SMILES string of the molecule is Cc1ccc(-n2c(O)cc(N3CCN(CC(O)COc4ccc5sc(C)nc5c4)CC3)c2O)cc1. The lowest BCUT2D eigenvalue weighted by Gasteiger charge is -2.36. The smallest absolute Gasteiger partial charge is 0.223 e. The Kier molecular flexibility index (Phi) is 6.55. The number of nitrogens with zero attached hydrogens (tertiary/aromatic N) is 4. The molecule has 1 unspecified atom stereocenters. The summed E-state index contributed by atoms with van der Waals surface area (Å²) in [7, 11) is 0. The van der Waals surface area contributed by atoms with Crippen LogP contribution >= 0.6 is 11.3 Å². The lowest BCUT2D eigenvalue weighted by molar-refractivity contribution is 0.0663. The Balaban J connectivity index is 1.14. The Hall–Kier alpha value is -3.27. The molecule has 9 heteroatoms.